The largest absolute Gasteiger partial charge is 0.355 e. The number of amides is 2. The molecular weight excluding hydrogens is 468 g/mol. The number of aromatic nitrogens is 1. The second kappa shape index (κ2) is 9.73. The van der Waals surface area contributed by atoms with E-state index in [-0.39, 0.29) is 18.2 Å². The van der Waals surface area contributed by atoms with Gasteiger partial charge in [0.25, 0.3) is 5.91 Å². The number of pyridine rings is 1. The maximum atomic E-state index is 12.7. The van der Waals surface area contributed by atoms with E-state index in [0.29, 0.717) is 27.7 Å². The monoisotopic (exact) mass is 486 g/mol. The van der Waals surface area contributed by atoms with E-state index in [1.54, 1.807) is 18.2 Å². The zero-order valence-corrected chi connectivity index (χ0v) is 18.8. The second-order valence-electron chi connectivity index (χ2n) is 6.60. The standard InChI is InChI=1S/C22H20BrClN4O2/c1-13-5-3-4-6-18(13)28-21-19(10-15(12-26-21)22(30)25-2)27-20(29)11-14-9-16(23)7-8-17(14)24/h3-10,12H,11H2,1-2H3,(H,25,30)(H,26,28)(H,27,29). The van der Waals surface area contributed by atoms with Gasteiger partial charge in [0, 0.05) is 28.4 Å². The number of aryl methyl sites for hydroxylation is 1. The average molecular weight is 488 g/mol. The zero-order chi connectivity index (χ0) is 21.7. The predicted molar refractivity (Wildman–Crippen MR) is 124 cm³/mol. The third kappa shape index (κ3) is 5.37. The number of carbonyl (C=O) groups excluding carboxylic acids is 2. The average Bonchev–Trinajstić information content (AvgIpc) is 2.73. The Morgan fingerprint density at radius 2 is 1.87 bits per heavy atom. The van der Waals surface area contributed by atoms with Crippen LogP contribution in [0.1, 0.15) is 21.5 Å². The van der Waals surface area contributed by atoms with E-state index < -0.39 is 0 Å². The molecule has 0 aliphatic heterocycles. The fraction of sp³-hybridized carbons (Fsp3) is 0.136. The Morgan fingerprint density at radius 3 is 2.60 bits per heavy atom. The van der Waals surface area contributed by atoms with Gasteiger partial charge in [-0.3, -0.25) is 9.59 Å². The molecule has 0 atom stereocenters. The maximum Gasteiger partial charge on any atom is 0.252 e. The molecule has 8 heteroatoms. The van der Waals surface area contributed by atoms with E-state index in [4.69, 9.17) is 11.6 Å². The number of rotatable bonds is 6. The van der Waals surface area contributed by atoms with Crippen molar-refractivity contribution < 1.29 is 9.59 Å². The van der Waals surface area contributed by atoms with Crippen LogP contribution in [0.15, 0.2) is 59.2 Å². The normalized spacial score (nSPS) is 10.4. The van der Waals surface area contributed by atoms with Crippen LogP contribution in [-0.4, -0.2) is 23.8 Å². The van der Waals surface area contributed by atoms with Gasteiger partial charge in [0.2, 0.25) is 5.91 Å². The van der Waals surface area contributed by atoms with Crippen LogP contribution in [0.4, 0.5) is 17.2 Å². The molecule has 0 saturated heterocycles. The first kappa shape index (κ1) is 21.8. The summed E-state index contributed by atoms with van der Waals surface area (Å²) in [7, 11) is 1.54. The van der Waals surface area contributed by atoms with E-state index in [1.807, 2.05) is 37.3 Å². The van der Waals surface area contributed by atoms with Crippen molar-refractivity contribution in [2.45, 2.75) is 13.3 Å². The van der Waals surface area contributed by atoms with Crippen molar-refractivity contribution in [2.24, 2.45) is 0 Å². The van der Waals surface area contributed by atoms with E-state index >= 15 is 0 Å². The fourth-order valence-electron chi connectivity index (χ4n) is 2.82. The van der Waals surface area contributed by atoms with Crippen LogP contribution in [0.2, 0.25) is 5.02 Å². The summed E-state index contributed by atoms with van der Waals surface area (Å²) < 4.78 is 0.833. The van der Waals surface area contributed by atoms with Gasteiger partial charge in [-0.15, -0.1) is 0 Å². The highest BCUT2D eigenvalue weighted by atomic mass is 79.9. The molecule has 0 fully saturated rings. The number of nitrogens with one attached hydrogen (secondary N) is 3. The van der Waals surface area contributed by atoms with Gasteiger partial charge in [-0.05, 0) is 48.4 Å². The van der Waals surface area contributed by atoms with Crippen LogP contribution in [0.3, 0.4) is 0 Å². The van der Waals surface area contributed by atoms with Gasteiger partial charge in [-0.25, -0.2) is 4.98 Å². The number of benzene rings is 2. The summed E-state index contributed by atoms with van der Waals surface area (Å²) in [4.78, 5) is 29.1. The number of carbonyl (C=O) groups is 2. The van der Waals surface area contributed by atoms with Gasteiger partial charge in [-0.2, -0.15) is 0 Å². The third-order valence-electron chi connectivity index (χ3n) is 4.41. The minimum Gasteiger partial charge on any atom is -0.355 e. The molecule has 1 heterocycles. The smallest absolute Gasteiger partial charge is 0.252 e. The van der Waals surface area contributed by atoms with Crippen LogP contribution in [0.25, 0.3) is 0 Å². The lowest BCUT2D eigenvalue weighted by Gasteiger charge is -2.15. The third-order valence-corrected chi connectivity index (χ3v) is 5.27. The van der Waals surface area contributed by atoms with Crippen molar-refractivity contribution in [3.05, 3.63) is 80.9 Å². The maximum absolute atomic E-state index is 12.7. The molecule has 0 aliphatic rings. The molecule has 0 radical (unpaired) electrons. The van der Waals surface area contributed by atoms with Crippen molar-refractivity contribution in [1.29, 1.82) is 0 Å². The summed E-state index contributed by atoms with van der Waals surface area (Å²) >= 11 is 9.59. The molecule has 3 N–H and O–H groups in total. The highest BCUT2D eigenvalue weighted by Crippen LogP contribution is 2.27. The van der Waals surface area contributed by atoms with Crippen LogP contribution >= 0.6 is 27.5 Å². The fourth-order valence-corrected chi connectivity index (χ4v) is 3.41. The van der Waals surface area contributed by atoms with Crippen LogP contribution in [0, 0.1) is 6.92 Å². The lowest BCUT2D eigenvalue weighted by molar-refractivity contribution is -0.115. The Kier molecular flexibility index (Phi) is 7.07. The molecule has 3 aromatic rings. The SMILES string of the molecule is CNC(=O)c1cnc(Nc2ccccc2C)c(NC(=O)Cc2cc(Br)ccc2Cl)c1. The number of nitrogens with zero attached hydrogens (tertiary/aromatic N) is 1. The molecule has 2 amide bonds. The predicted octanol–water partition coefficient (Wildman–Crippen LogP) is 5.09. The number of anilines is 3. The summed E-state index contributed by atoms with van der Waals surface area (Å²) in [6.45, 7) is 1.97. The molecule has 3 rings (SSSR count). The Balaban J connectivity index is 1.89. The molecule has 0 aliphatic carbocycles. The van der Waals surface area contributed by atoms with E-state index in [9.17, 15) is 9.59 Å². The van der Waals surface area contributed by atoms with E-state index in [1.165, 1.54) is 13.2 Å². The highest BCUT2D eigenvalue weighted by Gasteiger charge is 2.15. The van der Waals surface area contributed by atoms with Gasteiger partial charge >= 0.3 is 0 Å². The van der Waals surface area contributed by atoms with Crippen molar-refractivity contribution in [3.63, 3.8) is 0 Å². The quantitative estimate of drug-likeness (QED) is 0.452. The summed E-state index contributed by atoms with van der Waals surface area (Å²) in [5.41, 5.74) is 3.29. The second-order valence-corrected chi connectivity index (χ2v) is 7.92. The molecule has 0 saturated carbocycles. The Hall–Kier alpha value is -2.90. The first-order chi connectivity index (χ1) is 14.4. The van der Waals surface area contributed by atoms with E-state index in [0.717, 1.165) is 15.7 Å². The number of halogens is 2. The topological polar surface area (TPSA) is 83.1 Å². The molecule has 0 spiro atoms. The van der Waals surface area contributed by atoms with Gasteiger partial charge in [0.1, 0.15) is 0 Å². The molecule has 154 valence electrons. The Bertz CT molecular complexity index is 1100. The molecule has 0 bridgehead atoms. The Morgan fingerprint density at radius 1 is 1.10 bits per heavy atom. The van der Waals surface area contributed by atoms with Crippen LogP contribution in [-0.2, 0) is 11.2 Å². The van der Waals surface area contributed by atoms with E-state index in [2.05, 4.69) is 36.9 Å². The number of hydrogen-bond acceptors (Lipinski definition) is 4. The zero-order valence-electron chi connectivity index (χ0n) is 16.4. The first-order valence-corrected chi connectivity index (χ1v) is 10.3. The van der Waals surface area contributed by atoms with Crippen molar-refractivity contribution >= 4 is 56.5 Å². The van der Waals surface area contributed by atoms with Crippen molar-refractivity contribution in [3.8, 4) is 0 Å². The summed E-state index contributed by atoms with van der Waals surface area (Å²) in [6, 6.07) is 14.7. The molecule has 0 unspecified atom stereocenters. The summed E-state index contributed by atoms with van der Waals surface area (Å²) in [5, 5.41) is 9.13. The Labute approximate surface area is 188 Å². The molecule has 1 aromatic heterocycles. The van der Waals surface area contributed by atoms with Gasteiger partial charge in [0.05, 0.1) is 17.7 Å². The van der Waals surface area contributed by atoms with Gasteiger partial charge in [0.15, 0.2) is 5.82 Å². The number of para-hydroxylation sites is 1. The summed E-state index contributed by atoms with van der Waals surface area (Å²) in [6.07, 6.45) is 1.53. The summed E-state index contributed by atoms with van der Waals surface area (Å²) in [5.74, 6) is -0.139. The first-order valence-electron chi connectivity index (χ1n) is 9.16. The minimum atomic E-state index is -0.296. The van der Waals surface area contributed by atoms with Gasteiger partial charge in [-0.1, -0.05) is 45.7 Å². The van der Waals surface area contributed by atoms with Gasteiger partial charge < -0.3 is 16.0 Å². The molecule has 2 aromatic carbocycles. The lowest BCUT2D eigenvalue weighted by atomic mass is 10.1. The lowest BCUT2D eigenvalue weighted by Crippen LogP contribution is -2.20. The number of hydrogen-bond donors (Lipinski definition) is 3. The molecular formula is C22H20BrClN4O2. The molecule has 30 heavy (non-hydrogen) atoms. The van der Waals surface area contributed by atoms with Crippen molar-refractivity contribution in [2.75, 3.05) is 17.7 Å². The van der Waals surface area contributed by atoms with Crippen LogP contribution < -0.4 is 16.0 Å². The highest BCUT2D eigenvalue weighted by molar-refractivity contribution is 9.10. The van der Waals surface area contributed by atoms with Crippen LogP contribution in [0.5, 0.6) is 0 Å². The minimum absolute atomic E-state index is 0.0757. The molecule has 6 nitrogen and oxygen atoms in total. The van der Waals surface area contributed by atoms with Crippen molar-refractivity contribution in [1.82, 2.24) is 10.3 Å².